The van der Waals surface area contributed by atoms with Crippen LogP contribution in [0, 0.1) is 5.82 Å². The van der Waals surface area contributed by atoms with Gasteiger partial charge in [-0.3, -0.25) is 9.78 Å². The molecule has 3 aromatic rings. The third kappa shape index (κ3) is 2.36. The molecule has 0 unspecified atom stereocenters. The summed E-state index contributed by atoms with van der Waals surface area (Å²) in [6.07, 6.45) is 6.13. The van der Waals surface area contributed by atoms with Crippen molar-refractivity contribution in [1.29, 1.82) is 0 Å². The molecule has 21 heavy (non-hydrogen) atoms. The number of pyridine rings is 1. The zero-order valence-corrected chi connectivity index (χ0v) is 11.5. The molecule has 0 radical (unpaired) electrons. The molecule has 4 heteroatoms. The number of aldehydes is 1. The number of benzene rings is 1. The molecule has 104 valence electrons. The third-order valence-electron chi connectivity index (χ3n) is 3.46. The summed E-state index contributed by atoms with van der Waals surface area (Å²) in [7, 11) is 1.82. The van der Waals surface area contributed by atoms with E-state index in [1.54, 1.807) is 29.1 Å². The minimum absolute atomic E-state index is 0.298. The summed E-state index contributed by atoms with van der Waals surface area (Å²) in [4.78, 5) is 15.4. The van der Waals surface area contributed by atoms with Crippen LogP contribution < -0.4 is 0 Å². The Balaban J connectivity index is 2.27. The normalized spacial score (nSPS) is 10.6. The van der Waals surface area contributed by atoms with Crippen LogP contribution in [0.2, 0.25) is 0 Å². The molecule has 0 saturated carbocycles. The standard InChI is InChI=1S/C17H13FN2O/c1-20-10-15(12-6-8-19-9-7-12)17(16(20)11-21)13-2-4-14(18)5-3-13/h2-11H,1H3. The molecule has 0 aliphatic heterocycles. The van der Waals surface area contributed by atoms with Crippen LogP contribution in [-0.2, 0) is 7.05 Å². The summed E-state index contributed by atoms with van der Waals surface area (Å²) in [6, 6.07) is 9.93. The van der Waals surface area contributed by atoms with E-state index in [4.69, 9.17) is 0 Å². The van der Waals surface area contributed by atoms with Crippen molar-refractivity contribution >= 4 is 6.29 Å². The fourth-order valence-corrected chi connectivity index (χ4v) is 2.45. The molecule has 0 saturated heterocycles. The fraction of sp³-hybridized carbons (Fsp3) is 0.0588. The summed E-state index contributed by atoms with van der Waals surface area (Å²) in [6.45, 7) is 0. The van der Waals surface area contributed by atoms with Crippen LogP contribution in [0.3, 0.4) is 0 Å². The van der Waals surface area contributed by atoms with Crippen molar-refractivity contribution in [3.8, 4) is 22.3 Å². The zero-order chi connectivity index (χ0) is 14.8. The third-order valence-corrected chi connectivity index (χ3v) is 3.46. The van der Waals surface area contributed by atoms with Gasteiger partial charge in [0.15, 0.2) is 6.29 Å². The minimum Gasteiger partial charge on any atom is -0.347 e. The molecule has 2 heterocycles. The highest BCUT2D eigenvalue weighted by molar-refractivity contribution is 5.95. The van der Waals surface area contributed by atoms with Crippen molar-refractivity contribution < 1.29 is 9.18 Å². The summed E-state index contributed by atoms with van der Waals surface area (Å²) >= 11 is 0. The first-order chi connectivity index (χ1) is 10.2. The average Bonchev–Trinajstić information content (AvgIpc) is 2.85. The first-order valence-electron chi connectivity index (χ1n) is 6.51. The summed E-state index contributed by atoms with van der Waals surface area (Å²) in [5.74, 6) is -0.298. The van der Waals surface area contributed by atoms with E-state index in [0.29, 0.717) is 5.69 Å². The molecule has 3 rings (SSSR count). The average molecular weight is 280 g/mol. The van der Waals surface area contributed by atoms with Gasteiger partial charge in [-0.05, 0) is 35.4 Å². The Hall–Kier alpha value is -2.75. The maximum Gasteiger partial charge on any atom is 0.167 e. The fourth-order valence-electron chi connectivity index (χ4n) is 2.45. The molecule has 0 aliphatic rings. The molecular weight excluding hydrogens is 267 g/mol. The quantitative estimate of drug-likeness (QED) is 0.686. The van der Waals surface area contributed by atoms with E-state index in [0.717, 1.165) is 28.5 Å². The Morgan fingerprint density at radius 2 is 1.71 bits per heavy atom. The lowest BCUT2D eigenvalue weighted by molar-refractivity contribution is 0.111. The molecule has 3 nitrogen and oxygen atoms in total. The van der Waals surface area contributed by atoms with Gasteiger partial charge in [-0.2, -0.15) is 0 Å². The summed E-state index contributed by atoms with van der Waals surface area (Å²) < 4.78 is 14.9. The molecular formula is C17H13FN2O. The number of carbonyl (C=O) groups is 1. The number of nitrogens with zero attached hydrogens (tertiary/aromatic N) is 2. The van der Waals surface area contributed by atoms with Crippen LogP contribution in [0.1, 0.15) is 10.5 Å². The number of aryl methyl sites for hydroxylation is 1. The van der Waals surface area contributed by atoms with Crippen LogP contribution in [-0.4, -0.2) is 15.8 Å². The lowest BCUT2D eigenvalue weighted by Gasteiger charge is -2.06. The maximum atomic E-state index is 13.1. The van der Waals surface area contributed by atoms with E-state index in [1.807, 2.05) is 25.4 Å². The van der Waals surface area contributed by atoms with Gasteiger partial charge < -0.3 is 4.57 Å². The van der Waals surface area contributed by atoms with Gasteiger partial charge in [0.25, 0.3) is 0 Å². The number of hydrogen-bond donors (Lipinski definition) is 0. The van der Waals surface area contributed by atoms with E-state index in [-0.39, 0.29) is 5.82 Å². The predicted octanol–water partition coefficient (Wildman–Crippen LogP) is 3.71. The summed E-state index contributed by atoms with van der Waals surface area (Å²) in [5.41, 5.74) is 4.07. The van der Waals surface area contributed by atoms with Crippen molar-refractivity contribution in [2.75, 3.05) is 0 Å². The van der Waals surface area contributed by atoms with Crippen molar-refractivity contribution in [1.82, 2.24) is 9.55 Å². The number of aromatic nitrogens is 2. The smallest absolute Gasteiger partial charge is 0.167 e. The van der Waals surface area contributed by atoms with Gasteiger partial charge in [0, 0.05) is 36.8 Å². The minimum atomic E-state index is -0.298. The number of hydrogen-bond acceptors (Lipinski definition) is 2. The van der Waals surface area contributed by atoms with Crippen molar-refractivity contribution in [3.05, 3.63) is 66.5 Å². The molecule has 0 bridgehead atoms. The molecule has 0 fully saturated rings. The van der Waals surface area contributed by atoms with E-state index < -0.39 is 0 Å². The van der Waals surface area contributed by atoms with E-state index >= 15 is 0 Å². The Morgan fingerprint density at radius 1 is 1.05 bits per heavy atom. The second-order valence-corrected chi connectivity index (χ2v) is 4.77. The van der Waals surface area contributed by atoms with Crippen LogP contribution in [0.4, 0.5) is 4.39 Å². The van der Waals surface area contributed by atoms with Gasteiger partial charge in [0.2, 0.25) is 0 Å². The van der Waals surface area contributed by atoms with Crippen LogP contribution in [0.15, 0.2) is 55.0 Å². The summed E-state index contributed by atoms with van der Waals surface area (Å²) in [5, 5.41) is 0. The first kappa shape index (κ1) is 13.2. The van der Waals surface area contributed by atoms with Gasteiger partial charge in [0.05, 0.1) is 5.69 Å². The Labute approximate surface area is 121 Å². The molecule has 0 spiro atoms. The highest BCUT2D eigenvalue weighted by Crippen LogP contribution is 2.35. The van der Waals surface area contributed by atoms with Gasteiger partial charge in [-0.15, -0.1) is 0 Å². The van der Waals surface area contributed by atoms with Crippen LogP contribution >= 0.6 is 0 Å². The lowest BCUT2D eigenvalue weighted by atomic mass is 9.97. The topological polar surface area (TPSA) is 34.9 Å². The van der Waals surface area contributed by atoms with E-state index in [1.165, 1.54) is 12.1 Å². The monoisotopic (exact) mass is 280 g/mol. The molecule has 0 N–H and O–H groups in total. The number of rotatable bonds is 3. The van der Waals surface area contributed by atoms with Crippen molar-refractivity contribution in [3.63, 3.8) is 0 Å². The molecule has 0 amide bonds. The highest BCUT2D eigenvalue weighted by atomic mass is 19.1. The van der Waals surface area contributed by atoms with Gasteiger partial charge in [-0.1, -0.05) is 12.1 Å². The maximum absolute atomic E-state index is 13.1. The highest BCUT2D eigenvalue weighted by Gasteiger charge is 2.16. The zero-order valence-electron chi connectivity index (χ0n) is 11.5. The van der Waals surface area contributed by atoms with Crippen molar-refractivity contribution in [2.24, 2.45) is 7.05 Å². The first-order valence-corrected chi connectivity index (χ1v) is 6.51. The molecule has 0 aliphatic carbocycles. The Bertz CT molecular complexity index is 777. The van der Waals surface area contributed by atoms with Gasteiger partial charge in [0.1, 0.15) is 5.82 Å². The van der Waals surface area contributed by atoms with Crippen LogP contribution in [0.25, 0.3) is 22.3 Å². The van der Waals surface area contributed by atoms with Crippen molar-refractivity contribution in [2.45, 2.75) is 0 Å². The largest absolute Gasteiger partial charge is 0.347 e. The Morgan fingerprint density at radius 3 is 2.33 bits per heavy atom. The lowest BCUT2D eigenvalue weighted by Crippen LogP contribution is -1.94. The van der Waals surface area contributed by atoms with E-state index in [2.05, 4.69) is 4.98 Å². The van der Waals surface area contributed by atoms with Crippen LogP contribution in [0.5, 0.6) is 0 Å². The van der Waals surface area contributed by atoms with E-state index in [9.17, 15) is 9.18 Å². The second-order valence-electron chi connectivity index (χ2n) is 4.77. The SMILES string of the molecule is Cn1cc(-c2ccncc2)c(-c2ccc(F)cc2)c1C=O. The molecule has 2 aromatic heterocycles. The molecule has 0 atom stereocenters. The second kappa shape index (κ2) is 5.32. The predicted molar refractivity (Wildman–Crippen MR) is 79.4 cm³/mol. The molecule has 1 aromatic carbocycles. The van der Waals surface area contributed by atoms with Gasteiger partial charge >= 0.3 is 0 Å². The Kier molecular flexibility index (Phi) is 3.36. The number of halogens is 1. The van der Waals surface area contributed by atoms with Gasteiger partial charge in [-0.25, -0.2) is 4.39 Å². The number of carbonyl (C=O) groups excluding carboxylic acids is 1.